The van der Waals surface area contributed by atoms with E-state index in [9.17, 15) is 9.59 Å². The largest absolute Gasteiger partial charge is 0.493 e. The Kier molecular flexibility index (Phi) is 5.60. The normalized spacial score (nSPS) is 17.9. The third-order valence-electron chi connectivity index (χ3n) is 4.03. The maximum absolute atomic E-state index is 12.2. The number of carbonyl (C=O) groups is 2. The van der Waals surface area contributed by atoms with Crippen molar-refractivity contribution in [3.05, 3.63) is 28.8 Å². The second-order valence-electron chi connectivity index (χ2n) is 5.84. The van der Waals surface area contributed by atoms with E-state index in [2.05, 4.69) is 6.07 Å². The van der Waals surface area contributed by atoms with E-state index in [0.717, 1.165) is 22.4 Å². The molecule has 0 bridgehead atoms. The van der Waals surface area contributed by atoms with Gasteiger partial charge in [0.1, 0.15) is 5.75 Å². The molecule has 6 nitrogen and oxygen atoms in total. The van der Waals surface area contributed by atoms with Crippen LogP contribution in [-0.2, 0) is 14.3 Å². The van der Waals surface area contributed by atoms with Crippen molar-refractivity contribution in [3.63, 3.8) is 0 Å². The quantitative estimate of drug-likeness (QED) is 0.893. The second-order valence-corrected chi connectivity index (χ2v) is 5.84. The highest BCUT2D eigenvalue weighted by Crippen LogP contribution is 2.23. The lowest BCUT2D eigenvalue weighted by Gasteiger charge is -2.30. The van der Waals surface area contributed by atoms with Crippen LogP contribution in [0, 0.1) is 20.8 Å². The Morgan fingerprint density at radius 1 is 1.35 bits per heavy atom. The van der Waals surface area contributed by atoms with Gasteiger partial charge in [-0.3, -0.25) is 4.79 Å². The van der Waals surface area contributed by atoms with Crippen LogP contribution < -0.4 is 4.74 Å². The molecular formula is C17H23NO5. The number of aliphatic carboxylic acids is 1. The fourth-order valence-corrected chi connectivity index (χ4v) is 2.58. The maximum atomic E-state index is 12.2. The first-order valence-corrected chi connectivity index (χ1v) is 7.71. The van der Waals surface area contributed by atoms with E-state index in [4.69, 9.17) is 14.6 Å². The molecule has 126 valence electrons. The minimum Gasteiger partial charge on any atom is -0.493 e. The molecule has 23 heavy (non-hydrogen) atoms. The van der Waals surface area contributed by atoms with E-state index in [1.54, 1.807) is 0 Å². The van der Waals surface area contributed by atoms with Crippen LogP contribution in [0.4, 0.5) is 0 Å². The van der Waals surface area contributed by atoms with Crippen molar-refractivity contribution in [1.82, 2.24) is 4.90 Å². The molecule has 1 N–H and O–H groups in total. The number of aryl methyl sites for hydroxylation is 2. The number of amides is 1. The molecular weight excluding hydrogens is 298 g/mol. The van der Waals surface area contributed by atoms with E-state index < -0.39 is 12.1 Å². The third-order valence-corrected chi connectivity index (χ3v) is 4.03. The van der Waals surface area contributed by atoms with E-state index in [1.165, 1.54) is 4.90 Å². The summed E-state index contributed by atoms with van der Waals surface area (Å²) in [5.41, 5.74) is 3.34. The summed E-state index contributed by atoms with van der Waals surface area (Å²) in [5, 5.41) is 8.96. The molecule has 1 heterocycles. The molecule has 1 aromatic rings. The number of morpholine rings is 1. The lowest BCUT2D eigenvalue weighted by Crippen LogP contribution is -2.48. The van der Waals surface area contributed by atoms with Crippen LogP contribution in [0.1, 0.15) is 23.1 Å². The van der Waals surface area contributed by atoms with Gasteiger partial charge in [0.2, 0.25) is 5.91 Å². The van der Waals surface area contributed by atoms with Crippen molar-refractivity contribution in [2.75, 3.05) is 26.3 Å². The van der Waals surface area contributed by atoms with Gasteiger partial charge >= 0.3 is 5.97 Å². The SMILES string of the molecule is Cc1cc(C)c(C)c(OCCC(=O)N2CCOC(C(=O)O)C2)c1. The minimum atomic E-state index is -1.04. The molecule has 2 rings (SSSR count). The molecule has 1 saturated heterocycles. The molecule has 0 radical (unpaired) electrons. The number of nitrogens with zero attached hydrogens (tertiary/aromatic N) is 1. The van der Waals surface area contributed by atoms with Crippen molar-refractivity contribution < 1.29 is 24.2 Å². The smallest absolute Gasteiger partial charge is 0.334 e. The van der Waals surface area contributed by atoms with Gasteiger partial charge in [-0.1, -0.05) is 6.07 Å². The van der Waals surface area contributed by atoms with E-state index in [0.29, 0.717) is 6.54 Å². The molecule has 1 atom stereocenters. The second kappa shape index (κ2) is 7.46. The molecule has 1 aliphatic rings. The predicted octanol–water partition coefficient (Wildman–Crippen LogP) is 1.69. The Morgan fingerprint density at radius 3 is 2.78 bits per heavy atom. The van der Waals surface area contributed by atoms with Crippen LogP contribution in [0.3, 0.4) is 0 Å². The molecule has 1 amide bonds. The average molecular weight is 321 g/mol. The van der Waals surface area contributed by atoms with Crippen LogP contribution in [0.15, 0.2) is 12.1 Å². The van der Waals surface area contributed by atoms with Gasteiger partial charge in [-0.25, -0.2) is 4.79 Å². The first kappa shape index (κ1) is 17.3. The molecule has 0 aliphatic carbocycles. The van der Waals surface area contributed by atoms with Crippen molar-refractivity contribution in [2.24, 2.45) is 0 Å². The fourth-order valence-electron chi connectivity index (χ4n) is 2.58. The van der Waals surface area contributed by atoms with Gasteiger partial charge in [-0.15, -0.1) is 0 Å². The summed E-state index contributed by atoms with van der Waals surface area (Å²) in [6.07, 6.45) is -0.714. The van der Waals surface area contributed by atoms with Crippen molar-refractivity contribution >= 4 is 11.9 Å². The fraction of sp³-hybridized carbons (Fsp3) is 0.529. The van der Waals surface area contributed by atoms with Crippen LogP contribution in [-0.4, -0.2) is 54.3 Å². The third kappa shape index (κ3) is 4.45. The zero-order chi connectivity index (χ0) is 17.0. The van der Waals surface area contributed by atoms with E-state index >= 15 is 0 Å². The summed E-state index contributed by atoms with van der Waals surface area (Å²) in [6, 6.07) is 4.05. The summed E-state index contributed by atoms with van der Waals surface area (Å²) in [6.45, 7) is 7.06. The number of ether oxygens (including phenoxy) is 2. The molecule has 0 spiro atoms. The molecule has 1 fully saturated rings. The Morgan fingerprint density at radius 2 is 2.09 bits per heavy atom. The van der Waals surface area contributed by atoms with Gasteiger partial charge in [-0.05, 0) is 43.5 Å². The molecule has 0 saturated carbocycles. The van der Waals surface area contributed by atoms with Gasteiger partial charge in [0.15, 0.2) is 6.10 Å². The Balaban J connectivity index is 1.86. The van der Waals surface area contributed by atoms with Crippen LogP contribution in [0.25, 0.3) is 0 Å². The number of carboxylic acids is 1. The monoisotopic (exact) mass is 321 g/mol. The van der Waals surface area contributed by atoms with Crippen LogP contribution in [0.5, 0.6) is 5.75 Å². The summed E-state index contributed by atoms with van der Waals surface area (Å²) >= 11 is 0. The van der Waals surface area contributed by atoms with E-state index in [-0.39, 0.29) is 32.1 Å². The van der Waals surface area contributed by atoms with Gasteiger partial charge in [0.25, 0.3) is 0 Å². The Hall–Kier alpha value is -2.08. The number of hydrogen-bond donors (Lipinski definition) is 1. The minimum absolute atomic E-state index is 0.0940. The number of benzene rings is 1. The summed E-state index contributed by atoms with van der Waals surface area (Å²) in [4.78, 5) is 24.6. The Labute approximate surface area is 136 Å². The average Bonchev–Trinajstić information content (AvgIpc) is 2.51. The zero-order valence-electron chi connectivity index (χ0n) is 13.8. The molecule has 1 unspecified atom stereocenters. The number of rotatable bonds is 5. The Bertz CT molecular complexity index is 599. The van der Waals surface area contributed by atoms with Crippen molar-refractivity contribution in [3.8, 4) is 5.75 Å². The predicted molar refractivity (Wildman–Crippen MR) is 84.7 cm³/mol. The molecule has 1 aliphatic heterocycles. The highest BCUT2D eigenvalue weighted by molar-refractivity contribution is 5.78. The maximum Gasteiger partial charge on any atom is 0.334 e. The summed E-state index contributed by atoms with van der Waals surface area (Å²) in [5.74, 6) is -0.355. The highest BCUT2D eigenvalue weighted by atomic mass is 16.5. The van der Waals surface area contributed by atoms with Gasteiger partial charge in [0, 0.05) is 6.54 Å². The molecule has 0 aromatic heterocycles. The lowest BCUT2D eigenvalue weighted by atomic mass is 10.1. The summed E-state index contributed by atoms with van der Waals surface area (Å²) < 4.78 is 10.9. The number of carbonyl (C=O) groups excluding carboxylic acids is 1. The standard InChI is InChI=1S/C17H23NO5/c1-11-8-12(2)13(3)14(9-11)22-6-4-16(19)18-5-7-23-15(10-18)17(20)21/h8-9,15H,4-7,10H2,1-3H3,(H,20,21). The first-order valence-electron chi connectivity index (χ1n) is 7.71. The van der Waals surface area contributed by atoms with Crippen LogP contribution in [0.2, 0.25) is 0 Å². The van der Waals surface area contributed by atoms with E-state index in [1.807, 2.05) is 26.8 Å². The zero-order valence-corrected chi connectivity index (χ0v) is 13.8. The molecule has 1 aromatic carbocycles. The number of hydrogen-bond acceptors (Lipinski definition) is 4. The lowest BCUT2D eigenvalue weighted by molar-refractivity contribution is -0.159. The highest BCUT2D eigenvalue weighted by Gasteiger charge is 2.28. The topological polar surface area (TPSA) is 76.1 Å². The van der Waals surface area contributed by atoms with Gasteiger partial charge in [0.05, 0.1) is 26.2 Å². The van der Waals surface area contributed by atoms with Gasteiger partial charge in [-0.2, -0.15) is 0 Å². The first-order chi connectivity index (χ1) is 10.9. The van der Waals surface area contributed by atoms with Gasteiger partial charge < -0.3 is 19.5 Å². The van der Waals surface area contributed by atoms with Crippen molar-refractivity contribution in [1.29, 1.82) is 0 Å². The molecule has 6 heteroatoms. The summed E-state index contributed by atoms with van der Waals surface area (Å²) in [7, 11) is 0. The van der Waals surface area contributed by atoms with Crippen LogP contribution >= 0.6 is 0 Å². The number of carboxylic acid groups (broad SMARTS) is 1. The van der Waals surface area contributed by atoms with Crippen molar-refractivity contribution in [2.45, 2.75) is 33.3 Å².